The maximum Gasteiger partial charge on any atom is 0.293 e. The Labute approximate surface area is 124 Å². The van der Waals surface area contributed by atoms with E-state index < -0.39 is 16.7 Å². The average Bonchev–Trinajstić information content (AvgIpc) is 2.95. The fraction of sp³-hybridized carbons (Fsp3) is 0.143. The molecule has 0 spiro atoms. The Morgan fingerprint density at radius 3 is 2.59 bits per heavy atom. The molecule has 1 aromatic carbocycles. The summed E-state index contributed by atoms with van der Waals surface area (Å²) in [5.74, 6) is -0.691. The molecule has 0 aliphatic carbocycles. The zero-order valence-electron chi connectivity index (χ0n) is 11.8. The van der Waals surface area contributed by atoms with Crippen LogP contribution in [0.25, 0.3) is 11.3 Å². The molecule has 0 bridgehead atoms. The molecule has 0 saturated heterocycles. The number of imide groups is 1. The summed E-state index contributed by atoms with van der Waals surface area (Å²) in [7, 11) is 1.37. The molecule has 2 aromatic rings. The highest BCUT2D eigenvalue weighted by molar-refractivity contribution is 6.02. The number of furan rings is 1. The van der Waals surface area contributed by atoms with E-state index in [1.54, 1.807) is 0 Å². The number of nitrogens with zero attached hydrogens (tertiary/aromatic N) is 1. The Morgan fingerprint density at radius 1 is 1.27 bits per heavy atom. The molecule has 0 radical (unpaired) electrons. The van der Waals surface area contributed by atoms with Crippen molar-refractivity contribution in [2.45, 2.75) is 6.92 Å². The van der Waals surface area contributed by atoms with Crippen LogP contribution in [-0.4, -0.2) is 23.8 Å². The van der Waals surface area contributed by atoms with Gasteiger partial charge >= 0.3 is 0 Å². The lowest BCUT2D eigenvalue weighted by atomic mass is 10.1. The number of hydrogen-bond donors (Lipinski definition) is 1. The SMILES string of the molecule is COc1cc([N+](=O)[O-])ccc1-c1ccc(C(=O)NC(C)=O)o1. The molecule has 8 nitrogen and oxygen atoms in total. The van der Waals surface area contributed by atoms with E-state index in [0.717, 1.165) is 0 Å². The van der Waals surface area contributed by atoms with E-state index in [1.807, 2.05) is 0 Å². The van der Waals surface area contributed by atoms with Gasteiger partial charge in [-0.15, -0.1) is 0 Å². The molecule has 22 heavy (non-hydrogen) atoms. The molecule has 8 heteroatoms. The standard InChI is InChI=1S/C14H12N2O6/c1-8(17)15-14(18)12-6-5-11(22-12)10-4-3-9(16(19)20)7-13(10)21-2/h3-7H,1-2H3,(H,15,17,18). The third kappa shape index (κ3) is 3.11. The molecule has 2 rings (SSSR count). The minimum Gasteiger partial charge on any atom is -0.496 e. The predicted molar refractivity (Wildman–Crippen MR) is 75.5 cm³/mol. The third-order valence-electron chi connectivity index (χ3n) is 2.78. The van der Waals surface area contributed by atoms with Gasteiger partial charge in [-0.05, 0) is 18.2 Å². The quantitative estimate of drug-likeness (QED) is 0.684. The number of nitro benzene ring substituents is 1. The largest absolute Gasteiger partial charge is 0.496 e. The minimum atomic E-state index is -0.667. The second-order valence-corrected chi connectivity index (χ2v) is 4.32. The van der Waals surface area contributed by atoms with E-state index in [9.17, 15) is 19.7 Å². The lowest BCUT2D eigenvalue weighted by Crippen LogP contribution is -2.27. The van der Waals surface area contributed by atoms with Crippen molar-refractivity contribution in [1.82, 2.24) is 5.32 Å². The third-order valence-corrected chi connectivity index (χ3v) is 2.78. The second-order valence-electron chi connectivity index (χ2n) is 4.32. The van der Waals surface area contributed by atoms with E-state index in [0.29, 0.717) is 11.3 Å². The van der Waals surface area contributed by atoms with Crippen LogP contribution in [0.1, 0.15) is 17.5 Å². The summed E-state index contributed by atoms with van der Waals surface area (Å²) in [6.07, 6.45) is 0. The van der Waals surface area contributed by atoms with Gasteiger partial charge in [-0.2, -0.15) is 0 Å². The van der Waals surface area contributed by atoms with Crippen molar-refractivity contribution in [3.05, 3.63) is 46.2 Å². The van der Waals surface area contributed by atoms with Gasteiger partial charge in [0.05, 0.1) is 23.7 Å². The van der Waals surface area contributed by atoms with Gasteiger partial charge in [-0.25, -0.2) is 0 Å². The predicted octanol–water partition coefficient (Wildman–Crippen LogP) is 2.14. The first-order valence-corrected chi connectivity index (χ1v) is 6.17. The van der Waals surface area contributed by atoms with Gasteiger partial charge in [-0.1, -0.05) is 0 Å². The first-order valence-electron chi connectivity index (χ1n) is 6.17. The average molecular weight is 304 g/mol. The molecule has 0 aliphatic rings. The van der Waals surface area contributed by atoms with Crippen LogP contribution in [0.2, 0.25) is 0 Å². The van der Waals surface area contributed by atoms with Crippen LogP contribution in [-0.2, 0) is 4.79 Å². The molecule has 2 amide bonds. The van der Waals surface area contributed by atoms with Gasteiger partial charge in [-0.3, -0.25) is 25.0 Å². The monoisotopic (exact) mass is 304 g/mol. The Balaban J connectivity index is 2.36. The minimum absolute atomic E-state index is 0.0504. The van der Waals surface area contributed by atoms with E-state index >= 15 is 0 Å². The Hall–Kier alpha value is -3.16. The lowest BCUT2D eigenvalue weighted by Gasteiger charge is -2.05. The molecular weight excluding hydrogens is 292 g/mol. The number of hydrogen-bond acceptors (Lipinski definition) is 6. The second kappa shape index (κ2) is 6.08. The summed E-state index contributed by atoms with van der Waals surface area (Å²) < 4.78 is 10.5. The number of rotatable bonds is 4. The Morgan fingerprint density at radius 2 is 2.00 bits per heavy atom. The summed E-state index contributed by atoms with van der Waals surface area (Å²) in [6.45, 7) is 1.21. The molecular formula is C14H12N2O6. The topological polar surface area (TPSA) is 112 Å². The van der Waals surface area contributed by atoms with Crippen LogP contribution >= 0.6 is 0 Å². The normalized spacial score (nSPS) is 10.1. The Kier molecular flexibility index (Phi) is 4.21. The zero-order chi connectivity index (χ0) is 16.3. The van der Waals surface area contributed by atoms with Gasteiger partial charge < -0.3 is 9.15 Å². The molecule has 1 aromatic heterocycles. The van der Waals surface area contributed by atoms with Crippen molar-refractivity contribution in [3.63, 3.8) is 0 Å². The van der Waals surface area contributed by atoms with Crippen molar-refractivity contribution in [1.29, 1.82) is 0 Å². The number of carbonyl (C=O) groups is 2. The van der Waals surface area contributed by atoms with E-state index in [1.165, 1.54) is 44.4 Å². The van der Waals surface area contributed by atoms with Crippen molar-refractivity contribution < 1.29 is 23.7 Å². The zero-order valence-corrected chi connectivity index (χ0v) is 11.8. The van der Waals surface area contributed by atoms with Crippen LogP contribution < -0.4 is 10.1 Å². The highest BCUT2D eigenvalue weighted by Gasteiger charge is 2.18. The van der Waals surface area contributed by atoms with Crippen LogP contribution in [0, 0.1) is 10.1 Å². The number of methoxy groups -OCH3 is 1. The molecule has 1 heterocycles. The first-order chi connectivity index (χ1) is 10.4. The number of nitro groups is 1. The highest BCUT2D eigenvalue weighted by Crippen LogP contribution is 2.34. The van der Waals surface area contributed by atoms with Crippen LogP contribution in [0.4, 0.5) is 5.69 Å². The van der Waals surface area contributed by atoms with Crippen molar-refractivity contribution in [3.8, 4) is 17.1 Å². The molecule has 114 valence electrons. The summed E-state index contributed by atoms with van der Waals surface area (Å²) in [6, 6.07) is 6.93. The van der Waals surface area contributed by atoms with Gasteiger partial charge in [0.1, 0.15) is 11.5 Å². The van der Waals surface area contributed by atoms with E-state index in [4.69, 9.17) is 9.15 Å². The maximum absolute atomic E-state index is 11.7. The van der Waals surface area contributed by atoms with Crippen molar-refractivity contribution in [2.24, 2.45) is 0 Å². The number of amides is 2. The number of ether oxygens (including phenoxy) is 1. The first kappa shape index (κ1) is 15.2. The summed E-state index contributed by atoms with van der Waals surface area (Å²) in [5, 5.41) is 12.8. The van der Waals surface area contributed by atoms with E-state index in [-0.39, 0.29) is 17.2 Å². The van der Waals surface area contributed by atoms with Crippen LogP contribution in [0.3, 0.4) is 0 Å². The molecule has 0 unspecified atom stereocenters. The van der Waals surface area contributed by atoms with E-state index in [2.05, 4.69) is 5.32 Å². The molecule has 0 aliphatic heterocycles. The summed E-state index contributed by atoms with van der Waals surface area (Å²) >= 11 is 0. The summed E-state index contributed by atoms with van der Waals surface area (Å²) in [5.41, 5.74) is 0.330. The van der Waals surface area contributed by atoms with Gasteiger partial charge in [0.2, 0.25) is 5.91 Å². The smallest absolute Gasteiger partial charge is 0.293 e. The number of non-ortho nitro benzene ring substituents is 1. The number of nitrogens with one attached hydrogen (secondary N) is 1. The molecule has 1 N–H and O–H groups in total. The number of carbonyl (C=O) groups excluding carboxylic acids is 2. The molecule has 0 fully saturated rings. The van der Waals surface area contributed by atoms with Gasteiger partial charge in [0.15, 0.2) is 5.76 Å². The van der Waals surface area contributed by atoms with Crippen LogP contribution in [0.5, 0.6) is 5.75 Å². The summed E-state index contributed by atoms with van der Waals surface area (Å²) in [4.78, 5) is 32.7. The number of benzene rings is 1. The maximum atomic E-state index is 11.7. The van der Waals surface area contributed by atoms with Gasteiger partial charge in [0.25, 0.3) is 11.6 Å². The fourth-order valence-corrected chi connectivity index (χ4v) is 1.82. The lowest BCUT2D eigenvalue weighted by molar-refractivity contribution is -0.384. The Bertz CT molecular complexity index is 750. The molecule has 0 saturated carbocycles. The fourth-order valence-electron chi connectivity index (χ4n) is 1.82. The van der Waals surface area contributed by atoms with Crippen LogP contribution in [0.15, 0.2) is 34.7 Å². The van der Waals surface area contributed by atoms with Crippen molar-refractivity contribution >= 4 is 17.5 Å². The molecule has 0 atom stereocenters. The highest BCUT2D eigenvalue weighted by atomic mass is 16.6. The van der Waals surface area contributed by atoms with Crippen molar-refractivity contribution in [2.75, 3.05) is 7.11 Å². The van der Waals surface area contributed by atoms with Gasteiger partial charge in [0, 0.05) is 13.0 Å².